The zero-order chi connectivity index (χ0) is 14.0. The molecule has 0 fully saturated rings. The lowest BCUT2D eigenvalue weighted by Gasteiger charge is -1.96. The molecule has 2 heterocycles. The molecule has 0 aromatic carbocycles. The van der Waals surface area contributed by atoms with Crippen molar-refractivity contribution in [2.45, 2.75) is 6.92 Å². The predicted molar refractivity (Wildman–Crippen MR) is 65.5 cm³/mol. The van der Waals surface area contributed by atoms with E-state index in [0.29, 0.717) is 11.5 Å². The Morgan fingerprint density at radius 3 is 2.74 bits per heavy atom. The summed E-state index contributed by atoms with van der Waals surface area (Å²) in [6.07, 6.45) is 2.87. The van der Waals surface area contributed by atoms with Crippen LogP contribution in [-0.2, 0) is 0 Å². The van der Waals surface area contributed by atoms with Crippen molar-refractivity contribution in [3.8, 4) is 5.88 Å². The van der Waals surface area contributed by atoms with Gasteiger partial charge in [-0.25, -0.2) is 0 Å². The van der Waals surface area contributed by atoms with E-state index in [0.717, 1.165) is 0 Å². The minimum atomic E-state index is -1.02. The van der Waals surface area contributed by atoms with E-state index in [-0.39, 0.29) is 5.82 Å². The first-order chi connectivity index (χ1) is 8.97. The van der Waals surface area contributed by atoms with E-state index < -0.39 is 22.0 Å². The SMILES string of the molecule is Cc1ccc(/C=C/c2nc(O)c([N+](=O)[O-])c(=O)[nH]2)o1. The van der Waals surface area contributed by atoms with Crippen molar-refractivity contribution < 1.29 is 14.4 Å². The van der Waals surface area contributed by atoms with Crippen molar-refractivity contribution in [3.05, 3.63) is 49.9 Å². The number of aromatic hydroxyl groups is 1. The van der Waals surface area contributed by atoms with E-state index in [2.05, 4.69) is 9.97 Å². The van der Waals surface area contributed by atoms with Crippen LogP contribution in [0.1, 0.15) is 17.3 Å². The van der Waals surface area contributed by atoms with E-state index in [1.54, 1.807) is 19.1 Å². The van der Waals surface area contributed by atoms with Crippen LogP contribution in [0.2, 0.25) is 0 Å². The molecule has 0 radical (unpaired) electrons. The molecule has 0 saturated carbocycles. The highest BCUT2D eigenvalue weighted by molar-refractivity contribution is 5.64. The van der Waals surface area contributed by atoms with Crippen LogP contribution in [0.5, 0.6) is 5.88 Å². The van der Waals surface area contributed by atoms with Crippen molar-refractivity contribution in [2.75, 3.05) is 0 Å². The molecule has 0 saturated heterocycles. The summed E-state index contributed by atoms with van der Waals surface area (Å²) < 4.78 is 5.25. The van der Waals surface area contributed by atoms with Gasteiger partial charge in [0.15, 0.2) is 0 Å². The zero-order valence-corrected chi connectivity index (χ0v) is 9.78. The fourth-order valence-corrected chi connectivity index (χ4v) is 1.42. The van der Waals surface area contributed by atoms with Crippen molar-refractivity contribution in [1.29, 1.82) is 0 Å². The fourth-order valence-electron chi connectivity index (χ4n) is 1.42. The highest BCUT2D eigenvalue weighted by atomic mass is 16.6. The third-order valence-corrected chi connectivity index (χ3v) is 2.24. The van der Waals surface area contributed by atoms with Crippen LogP contribution < -0.4 is 5.56 Å². The molecule has 2 aromatic rings. The first kappa shape index (κ1) is 12.6. The van der Waals surface area contributed by atoms with E-state index in [1.165, 1.54) is 12.2 Å². The number of hydrogen-bond acceptors (Lipinski definition) is 6. The number of furan rings is 1. The lowest BCUT2D eigenvalue weighted by molar-refractivity contribution is -0.387. The Kier molecular flexibility index (Phi) is 3.15. The molecule has 0 aliphatic heterocycles. The van der Waals surface area contributed by atoms with Crippen LogP contribution in [0, 0.1) is 17.0 Å². The molecular weight excluding hydrogens is 254 g/mol. The van der Waals surface area contributed by atoms with E-state index in [9.17, 15) is 20.0 Å². The molecule has 8 heteroatoms. The predicted octanol–water partition coefficient (Wildman–Crippen LogP) is 1.46. The van der Waals surface area contributed by atoms with Gasteiger partial charge in [-0.05, 0) is 31.2 Å². The molecule has 2 aromatic heterocycles. The summed E-state index contributed by atoms with van der Waals surface area (Å²) in [5, 5.41) is 19.8. The van der Waals surface area contributed by atoms with Crippen molar-refractivity contribution in [1.82, 2.24) is 9.97 Å². The highest BCUT2D eigenvalue weighted by Gasteiger charge is 2.21. The van der Waals surface area contributed by atoms with Gasteiger partial charge in [0, 0.05) is 0 Å². The summed E-state index contributed by atoms with van der Waals surface area (Å²) in [6.45, 7) is 1.77. The standard InChI is InChI=1S/C11H9N3O5/c1-6-2-3-7(19-6)4-5-8-12-10(15)9(14(17)18)11(16)13-8/h2-5H,1H3,(H2,12,13,15,16)/b5-4+. The van der Waals surface area contributed by atoms with E-state index in [4.69, 9.17) is 4.42 Å². The van der Waals surface area contributed by atoms with Gasteiger partial charge in [0.1, 0.15) is 17.3 Å². The van der Waals surface area contributed by atoms with Crippen LogP contribution in [0.25, 0.3) is 12.2 Å². The van der Waals surface area contributed by atoms with Crippen LogP contribution >= 0.6 is 0 Å². The van der Waals surface area contributed by atoms with Gasteiger partial charge in [0.05, 0.1) is 4.92 Å². The largest absolute Gasteiger partial charge is 0.488 e. The molecule has 0 aliphatic rings. The maximum Gasteiger partial charge on any atom is 0.395 e. The second-order valence-corrected chi connectivity index (χ2v) is 3.66. The van der Waals surface area contributed by atoms with E-state index >= 15 is 0 Å². The number of aryl methyl sites for hydroxylation is 1. The molecule has 2 rings (SSSR count). The summed E-state index contributed by atoms with van der Waals surface area (Å²) in [5.41, 5.74) is -2.00. The molecule has 0 atom stereocenters. The third-order valence-electron chi connectivity index (χ3n) is 2.24. The summed E-state index contributed by atoms with van der Waals surface area (Å²) in [7, 11) is 0. The fraction of sp³-hybridized carbons (Fsp3) is 0.0909. The van der Waals surface area contributed by atoms with Crippen LogP contribution in [0.4, 0.5) is 5.69 Å². The van der Waals surface area contributed by atoms with Crippen LogP contribution in [0.15, 0.2) is 21.3 Å². The molecule has 0 amide bonds. The Hall–Kier alpha value is -2.90. The number of rotatable bonds is 3. The van der Waals surface area contributed by atoms with Crippen molar-refractivity contribution in [3.63, 3.8) is 0 Å². The quantitative estimate of drug-likeness (QED) is 0.638. The first-order valence-corrected chi connectivity index (χ1v) is 5.19. The van der Waals surface area contributed by atoms with Gasteiger partial charge in [-0.1, -0.05) is 0 Å². The zero-order valence-electron chi connectivity index (χ0n) is 9.78. The molecule has 0 aliphatic carbocycles. The van der Waals surface area contributed by atoms with Crippen LogP contribution in [-0.4, -0.2) is 20.0 Å². The smallest absolute Gasteiger partial charge is 0.395 e. The van der Waals surface area contributed by atoms with Gasteiger partial charge in [0.2, 0.25) is 0 Å². The normalized spacial score (nSPS) is 11.0. The topological polar surface area (TPSA) is 122 Å². The summed E-state index contributed by atoms with van der Waals surface area (Å²) in [5.74, 6) is 0.303. The Morgan fingerprint density at radius 1 is 1.47 bits per heavy atom. The van der Waals surface area contributed by atoms with E-state index in [1.807, 2.05) is 0 Å². The molecule has 19 heavy (non-hydrogen) atoms. The Balaban J connectivity index is 2.35. The van der Waals surface area contributed by atoms with Gasteiger partial charge in [-0.15, -0.1) is 0 Å². The minimum Gasteiger partial charge on any atom is -0.488 e. The van der Waals surface area contributed by atoms with Crippen molar-refractivity contribution >= 4 is 17.8 Å². The van der Waals surface area contributed by atoms with Gasteiger partial charge >= 0.3 is 11.2 Å². The molecule has 0 spiro atoms. The molecule has 2 N–H and O–H groups in total. The maximum absolute atomic E-state index is 11.4. The Morgan fingerprint density at radius 2 is 2.21 bits per heavy atom. The molecular formula is C11H9N3O5. The van der Waals surface area contributed by atoms with Gasteiger partial charge in [-0.2, -0.15) is 4.98 Å². The van der Waals surface area contributed by atoms with Crippen LogP contribution in [0.3, 0.4) is 0 Å². The lowest BCUT2D eigenvalue weighted by Crippen LogP contribution is -2.14. The molecule has 98 valence electrons. The monoisotopic (exact) mass is 263 g/mol. The molecule has 0 bridgehead atoms. The second-order valence-electron chi connectivity index (χ2n) is 3.66. The minimum absolute atomic E-state index is 0.0119. The molecule has 0 unspecified atom stereocenters. The third kappa shape index (κ3) is 2.68. The second kappa shape index (κ2) is 4.77. The number of hydrogen-bond donors (Lipinski definition) is 2. The van der Waals surface area contributed by atoms with Gasteiger partial charge in [0.25, 0.3) is 5.88 Å². The van der Waals surface area contributed by atoms with Gasteiger partial charge in [-0.3, -0.25) is 14.9 Å². The number of nitro groups is 1. The molecule has 8 nitrogen and oxygen atoms in total. The summed E-state index contributed by atoms with van der Waals surface area (Å²) >= 11 is 0. The number of nitrogens with one attached hydrogen (secondary N) is 1. The lowest BCUT2D eigenvalue weighted by atomic mass is 10.3. The average Bonchev–Trinajstić information content (AvgIpc) is 2.71. The number of H-pyrrole nitrogens is 1. The van der Waals surface area contributed by atoms with Crippen molar-refractivity contribution in [2.24, 2.45) is 0 Å². The number of aromatic nitrogens is 2. The summed E-state index contributed by atoms with van der Waals surface area (Å²) in [4.78, 5) is 26.5. The maximum atomic E-state index is 11.4. The highest BCUT2D eigenvalue weighted by Crippen LogP contribution is 2.17. The Bertz CT molecular complexity index is 713. The first-order valence-electron chi connectivity index (χ1n) is 5.19. The summed E-state index contributed by atoms with van der Waals surface area (Å²) in [6, 6.07) is 3.46. The number of nitrogens with zero attached hydrogens (tertiary/aromatic N) is 2. The van der Waals surface area contributed by atoms with Gasteiger partial charge < -0.3 is 14.5 Å². The average molecular weight is 263 g/mol. The Labute approximate surface area is 106 Å². The number of aromatic amines is 1.